The number of carbonyl (C=O) groups is 1. The molecule has 0 aliphatic carbocycles. The Hall–Kier alpha value is -1.67. The molecule has 1 amide bonds. The Morgan fingerprint density at radius 2 is 1.89 bits per heavy atom. The number of thiazole rings is 1. The molecule has 1 aliphatic rings. The standard InChI is InChI=1S/C31H46N2O3S2/c1-7-21(2)22(3)27(35-5)20-29(34)33-16-11-14-26(33)30(36-6)23(4)28(37)19-25(31-32-15-17-38-31)18-24-12-9-8-10-13-24/h8-10,12-13,15,17,21-23,25-27,30H,7,11,14,16,18-20H2,1-6H3/t21-,22-,23-,25+,26-,27+,30+/m0/s1. The lowest BCUT2D eigenvalue weighted by Crippen LogP contribution is -2.48. The van der Waals surface area contributed by atoms with Gasteiger partial charge in [0, 0.05) is 44.2 Å². The molecule has 0 radical (unpaired) electrons. The van der Waals surface area contributed by atoms with Crippen molar-refractivity contribution in [3.05, 3.63) is 52.5 Å². The Morgan fingerprint density at radius 1 is 1.16 bits per heavy atom. The van der Waals surface area contributed by atoms with Crippen molar-refractivity contribution in [1.29, 1.82) is 0 Å². The number of aromatic nitrogens is 1. The molecule has 5 nitrogen and oxygen atoms in total. The van der Waals surface area contributed by atoms with E-state index >= 15 is 0 Å². The molecule has 1 aliphatic heterocycles. The minimum absolute atomic E-state index is 0.0318. The van der Waals surface area contributed by atoms with Crippen LogP contribution in [0.2, 0.25) is 0 Å². The van der Waals surface area contributed by atoms with Crippen LogP contribution in [0, 0.1) is 17.8 Å². The minimum Gasteiger partial charge on any atom is -0.381 e. The first-order valence-electron chi connectivity index (χ1n) is 14.1. The van der Waals surface area contributed by atoms with Gasteiger partial charge in [0.1, 0.15) is 0 Å². The van der Waals surface area contributed by atoms with Gasteiger partial charge in [-0.2, -0.15) is 0 Å². The number of hydrogen-bond donors (Lipinski definition) is 0. The zero-order valence-corrected chi connectivity index (χ0v) is 25.6. The zero-order chi connectivity index (χ0) is 27.7. The number of rotatable bonds is 15. The first-order valence-corrected chi connectivity index (χ1v) is 15.4. The highest BCUT2D eigenvalue weighted by molar-refractivity contribution is 7.80. The van der Waals surface area contributed by atoms with Crippen molar-refractivity contribution in [2.75, 3.05) is 20.8 Å². The van der Waals surface area contributed by atoms with Crippen LogP contribution in [0.25, 0.3) is 0 Å². The molecular weight excluding hydrogens is 512 g/mol. The number of nitrogens with zero attached hydrogens (tertiary/aromatic N) is 2. The first kappa shape index (κ1) is 30.9. The molecule has 210 valence electrons. The quantitative estimate of drug-likeness (QED) is 0.221. The van der Waals surface area contributed by atoms with E-state index in [0.29, 0.717) is 18.3 Å². The van der Waals surface area contributed by atoms with E-state index in [1.807, 2.05) is 22.5 Å². The molecule has 7 atom stereocenters. The maximum atomic E-state index is 13.5. The lowest BCUT2D eigenvalue weighted by Gasteiger charge is -2.36. The molecule has 1 saturated heterocycles. The second-order valence-electron chi connectivity index (χ2n) is 10.9. The number of ether oxygens (including phenoxy) is 2. The molecule has 38 heavy (non-hydrogen) atoms. The van der Waals surface area contributed by atoms with Crippen LogP contribution in [0.5, 0.6) is 0 Å². The Balaban J connectivity index is 1.70. The SMILES string of the molecule is CC[C@H](C)[C@H](C)[C@@H](CC(=O)N1CCC[C@H]1[C@H](OC)[C@@H](C)C(=S)C[C@@H](Cc1ccccc1)c1nccs1)OC. The summed E-state index contributed by atoms with van der Waals surface area (Å²) in [6, 6.07) is 10.6. The summed E-state index contributed by atoms with van der Waals surface area (Å²) >= 11 is 7.76. The third-order valence-electron chi connectivity index (χ3n) is 8.65. The fraction of sp³-hybridized carbons (Fsp3) is 0.645. The van der Waals surface area contributed by atoms with Crippen LogP contribution in [-0.4, -0.2) is 59.7 Å². The third kappa shape index (κ3) is 7.93. The van der Waals surface area contributed by atoms with E-state index in [1.54, 1.807) is 25.6 Å². The van der Waals surface area contributed by atoms with Crippen molar-refractivity contribution in [1.82, 2.24) is 9.88 Å². The highest BCUT2D eigenvalue weighted by Gasteiger charge is 2.40. The first-order chi connectivity index (χ1) is 18.3. The molecule has 2 aromatic rings. The van der Waals surface area contributed by atoms with Crippen molar-refractivity contribution in [2.24, 2.45) is 17.8 Å². The average Bonchev–Trinajstić information content (AvgIpc) is 3.64. The Morgan fingerprint density at radius 3 is 2.50 bits per heavy atom. The number of carbonyl (C=O) groups excluding carboxylic acids is 1. The molecule has 0 bridgehead atoms. The maximum Gasteiger partial charge on any atom is 0.225 e. The van der Waals surface area contributed by atoms with Gasteiger partial charge in [0.25, 0.3) is 0 Å². The average molecular weight is 559 g/mol. The summed E-state index contributed by atoms with van der Waals surface area (Å²) in [6.45, 7) is 9.57. The van der Waals surface area contributed by atoms with Gasteiger partial charge in [-0.1, -0.05) is 76.7 Å². The summed E-state index contributed by atoms with van der Waals surface area (Å²) in [7, 11) is 3.49. The van der Waals surface area contributed by atoms with Crippen LogP contribution in [0.4, 0.5) is 0 Å². The van der Waals surface area contributed by atoms with E-state index in [0.717, 1.165) is 48.5 Å². The number of methoxy groups -OCH3 is 2. The van der Waals surface area contributed by atoms with Crippen LogP contribution in [-0.2, 0) is 20.7 Å². The topological polar surface area (TPSA) is 51.7 Å². The summed E-state index contributed by atoms with van der Waals surface area (Å²) in [5, 5.41) is 3.16. The highest BCUT2D eigenvalue weighted by Crippen LogP contribution is 2.33. The molecule has 1 aromatic carbocycles. The van der Waals surface area contributed by atoms with Crippen molar-refractivity contribution in [2.45, 2.75) is 90.4 Å². The molecule has 7 heteroatoms. The summed E-state index contributed by atoms with van der Waals surface area (Å²) in [6.07, 6.45) is 6.77. The van der Waals surface area contributed by atoms with Crippen LogP contribution >= 0.6 is 23.6 Å². The Bertz CT molecular complexity index is 984. The third-order valence-corrected chi connectivity index (χ3v) is 10.1. The van der Waals surface area contributed by atoms with Gasteiger partial charge < -0.3 is 14.4 Å². The lowest BCUT2D eigenvalue weighted by atomic mass is 9.86. The van der Waals surface area contributed by atoms with E-state index in [9.17, 15) is 4.79 Å². The molecule has 2 heterocycles. The molecule has 0 saturated carbocycles. The van der Waals surface area contributed by atoms with Gasteiger partial charge >= 0.3 is 0 Å². The van der Waals surface area contributed by atoms with Crippen LogP contribution in [0.1, 0.15) is 76.3 Å². The van der Waals surface area contributed by atoms with Crippen molar-refractivity contribution < 1.29 is 14.3 Å². The van der Waals surface area contributed by atoms with Gasteiger partial charge in [-0.25, -0.2) is 4.98 Å². The van der Waals surface area contributed by atoms with Gasteiger partial charge in [-0.3, -0.25) is 4.79 Å². The second kappa shape index (κ2) is 15.2. The van der Waals surface area contributed by atoms with Crippen molar-refractivity contribution >= 4 is 34.3 Å². The van der Waals surface area contributed by atoms with Crippen molar-refractivity contribution in [3.8, 4) is 0 Å². The number of amides is 1. The summed E-state index contributed by atoms with van der Waals surface area (Å²) < 4.78 is 11.9. The molecule has 1 aromatic heterocycles. The fourth-order valence-corrected chi connectivity index (χ4v) is 6.92. The van der Waals surface area contributed by atoms with Crippen LogP contribution < -0.4 is 0 Å². The maximum absolute atomic E-state index is 13.5. The van der Waals surface area contributed by atoms with Crippen molar-refractivity contribution in [3.63, 3.8) is 0 Å². The molecular formula is C31H46N2O3S2. The largest absolute Gasteiger partial charge is 0.381 e. The molecule has 3 rings (SSSR count). The number of benzene rings is 1. The van der Waals surface area contributed by atoms with Crippen LogP contribution in [0.15, 0.2) is 41.9 Å². The molecule has 1 fully saturated rings. The monoisotopic (exact) mass is 558 g/mol. The normalized spacial score (nSPS) is 20.5. The smallest absolute Gasteiger partial charge is 0.225 e. The van der Waals surface area contributed by atoms with E-state index < -0.39 is 0 Å². The zero-order valence-electron chi connectivity index (χ0n) is 24.0. The number of thiocarbonyl (C=S) groups is 1. The Labute approximate surface area is 239 Å². The minimum atomic E-state index is -0.129. The van der Waals surface area contributed by atoms with Crippen LogP contribution in [0.3, 0.4) is 0 Å². The molecule has 0 spiro atoms. The lowest BCUT2D eigenvalue weighted by molar-refractivity contribution is -0.138. The van der Waals surface area contributed by atoms with Gasteiger partial charge in [0.15, 0.2) is 0 Å². The van der Waals surface area contributed by atoms with E-state index in [-0.39, 0.29) is 36.0 Å². The van der Waals surface area contributed by atoms with Gasteiger partial charge in [-0.05, 0) is 47.9 Å². The molecule has 0 unspecified atom stereocenters. The highest BCUT2D eigenvalue weighted by atomic mass is 32.1. The predicted molar refractivity (Wildman–Crippen MR) is 161 cm³/mol. The van der Waals surface area contributed by atoms with E-state index in [4.69, 9.17) is 21.7 Å². The summed E-state index contributed by atoms with van der Waals surface area (Å²) in [5.41, 5.74) is 1.29. The second-order valence-corrected chi connectivity index (χ2v) is 12.4. The predicted octanol–water partition coefficient (Wildman–Crippen LogP) is 6.96. The fourth-order valence-electron chi connectivity index (χ4n) is 5.84. The van der Waals surface area contributed by atoms with Gasteiger partial charge in [-0.15, -0.1) is 11.3 Å². The van der Waals surface area contributed by atoms with E-state index in [1.165, 1.54) is 5.56 Å². The van der Waals surface area contributed by atoms with Gasteiger partial charge in [0.05, 0.1) is 29.7 Å². The number of likely N-dealkylation sites (tertiary alicyclic amines) is 1. The Kier molecular flexibility index (Phi) is 12.4. The van der Waals surface area contributed by atoms with E-state index in [2.05, 4.69) is 56.9 Å². The van der Waals surface area contributed by atoms with Gasteiger partial charge in [0.2, 0.25) is 5.91 Å². The summed E-state index contributed by atoms with van der Waals surface area (Å²) in [5.74, 6) is 1.28. The number of hydrogen-bond acceptors (Lipinski definition) is 6. The summed E-state index contributed by atoms with van der Waals surface area (Å²) in [4.78, 5) is 21.2. The molecule has 0 N–H and O–H groups in total.